The Hall–Kier alpha value is -0.720. The van der Waals surface area contributed by atoms with E-state index in [1.165, 1.54) is 28.0 Å². The van der Waals surface area contributed by atoms with Crippen molar-refractivity contribution >= 4 is 27.3 Å². The van der Waals surface area contributed by atoms with E-state index in [-0.39, 0.29) is 0 Å². The van der Waals surface area contributed by atoms with Crippen molar-refractivity contribution < 1.29 is 0 Å². The highest BCUT2D eigenvalue weighted by atomic mass is 79.9. The lowest BCUT2D eigenvalue weighted by molar-refractivity contribution is 0.196. The second kappa shape index (κ2) is 6.37. The maximum Gasteiger partial charge on any atom is 0.137 e. The number of halogens is 1. The van der Waals surface area contributed by atoms with Crippen LogP contribution in [0.15, 0.2) is 22.2 Å². The largest absolute Gasteiger partial charge is 0.318 e. The molecule has 1 atom stereocenters. The standard InChI is InChI=1S/C14H19BrN4S/c1-2-19-10-16-17-14(19)11-4-3-7-18(8-11)9-12-5-6-13(15)20-12/h5-6,10-11H,2-4,7-9H2,1H3/t11-/m1/s1. The van der Waals surface area contributed by atoms with Gasteiger partial charge in [-0.1, -0.05) is 0 Å². The van der Waals surface area contributed by atoms with Gasteiger partial charge in [-0.25, -0.2) is 0 Å². The fourth-order valence-electron chi connectivity index (χ4n) is 2.89. The van der Waals surface area contributed by atoms with Gasteiger partial charge >= 0.3 is 0 Å². The van der Waals surface area contributed by atoms with E-state index in [9.17, 15) is 0 Å². The van der Waals surface area contributed by atoms with Gasteiger partial charge in [0.05, 0.1) is 3.79 Å². The normalized spacial score (nSPS) is 20.4. The molecule has 3 heterocycles. The van der Waals surface area contributed by atoms with E-state index in [2.05, 4.69) is 54.7 Å². The van der Waals surface area contributed by atoms with Crippen LogP contribution in [0.2, 0.25) is 0 Å². The molecular weight excluding hydrogens is 336 g/mol. The number of nitrogens with zero attached hydrogens (tertiary/aromatic N) is 4. The topological polar surface area (TPSA) is 34.0 Å². The van der Waals surface area contributed by atoms with E-state index in [4.69, 9.17) is 0 Å². The molecule has 0 aliphatic carbocycles. The molecule has 0 N–H and O–H groups in total. The molecule has 1 saturated heterocycles. The van der Waals surface area contributed by atoms with Gasteiger partial charge < -0.3 is 4.57 Å². The van der Waals surface area contributed by atoms with Gasteiger partial charge in [0.1, 0.15) is 12.2 Å². The van der Waals surface area contributed by atoms with E-state index >= 15 is 0 Å². The minimum atomic E-state index is 0.523. The Morgan fingerprint density at radius 3 is 3.10 bits per heavy atom. The molecule has 3 rings (SSSR count). The Balaban J connectivity index is 1.67. The monoisotopic (exact) mass is 354 g/mol. The van der Waals surface area contributed by atoms with Crippen molar-refractivity contribution in [3.05, 3.63) is 32.9 Å². The van der Waals surface area contributed by atoms with Crippen molar-refractivity contribution in [1.29, 1.82) is 0 Å². The summed E-state index contributed by atoms with van der Waals surface area (Å²) >= 11 is 5.37. The first kappa shape index (κ1) is 14.2. The predicted molar refractivity (Wildman–Crippen MR) is 85.0 cm³/mol. The van der Waals surface area contributed by atoms with Crippen molar-refractivity contribution in [1.82, 2.24) is 19.7 Å². The Morgan fingerprint density at radius 1 is 1.45 bits per heavy atom. The fourth-order valence-corrected chi connectivity index (χ4v) is 4.42. The van der Waals surface area contributed by atoms with Crippen LogP contribution < -0.4 is 0 Å². The zero-order chi connectivity index (χ0) is 13.9. The van der Waals surface area contributed by atoms with Crippen LogP contribution in [-0.4, -0.2) is 32.8 Å². The summed E-state index contributed by atoms with van der Waals surface area (Å²) in [6.45, 7) is 6.43. The lowest BCUT2D eigenvalue weighted by Gasteiger charge is -2.31. The molecule has 6 heteroatoms. The lowest BCUT2D eigenvalue weighted by atomic mass is 9.97. The van der Waals surface area contributed by atoms with Gasteiger partial charge in [-0.05, 0) is 54.4 Å². The van der Waals surface area contributed by atoms with Gasteiger partial charge in [-0.15, -0.1) is 21.5 Å². The van der Waals surface area contributed by atoms with Crippen LogP contribution in [0.1, 0.15) is 36.4 Å². The van der Waals surface area contributed by atoms with Crippen LogP contribution in [0.3, 0.4) is 0 Å². The molecule has 1 aliphatic rings. The summed E-state index contributed by atoms with van der Waals surface area (Å²) in [5.74, 6) is 1.68. The maximum atomic E-state index is 4.34. The second-order valence-electron chi connectivity index (χ2n) is 5.26. The molecule has 2 aromatic heterocycles. The summed E-state index contributed by atoms with van der Waals surface area (Å²) in [5.41, 5.74) is 0. The molecule has 108 valence electrons. The molecule has 0 amide bonds. The highest BCUT2D eigenvalue weighted by Crippen LogP contribution is 2.28. The number of hydrogen-bond donors (Lipinski definition) is 0. The summed E-state index contributed by atoms with van der Waals surface area (Å²) in [4.78, 5) is 3.97. The number of hydrogen-bond acceptors (Lipinski definition) is 4. The van der Waals surface area contributed by atoms with Crippen LogP contribution in [0.4, 0.5) is 0 Å². The fraction of sp³-hybridized carbons (Fsp3) is 0.571. The van der Waals surface area contributed by atoms with E-state index in [1.54, 1.807) is 0 Å². The lowest BCUT2D eigenvalue weighted by Crippen LogP contribution is -2.34. The van der Waals surface area contributed by atoms with E-state index in [0.717, 1.165) is 25.5 Å². The third kappa shape index (κ3) is 3.13. The number of aromatic nitrogens is 3. The summed E-state index contributed by atoms with van der Waals surface area (Å²) < 4.78 is 3.39. The van der Waals surface area contributed by atoms with Crippen molar-refractivity contribution in [2.75, 3.05) is 13.1 Å². The number of rotatable bonds is 4. The molecule has 0 bridgehead atoms. The predicted octanol–water partition coefficient (Wildman–Crippen LogP) is 3.50. The average molecular weight is 355 g/mol. The first-order valence-corrected chi connectivity index (χ1v) is 8.71. The van der Waals surface area contributed by atoms with Crippen LogP contribution in [0, 0.1) is 0 Å². The SMILES string of the molecule is CCn1cnnc1[C@@H]1CCCN(Cc2ccc(Br)s2)C1. The molecule has 0 unspecified atom stereocenters. The molecule has 0 aromatic carbocycles. The van der Waals surface area contributed by atoms with Gasteiger partial charge in [-0.2, -0.15) is 0 Å². The van der Waals surface area contributed by atoms with Gasteiger partial charge in [0.25, 0.3) is 0 Å². The summed E-state index contributed by atoms with van der Waals surface area (Å²) in [5, 5.41) is 8.41. The highest BCUT2D eigenvalue weighted by Gasteiger charge is 2.25. The van der Waals surface area contributed by atoms with Crippen LogP contribution in [-0.2, 0) is 13.1 Å². The van der Waals surface area contributed by atoms with Crippen LogP contribution >= 0.6 is 27.3 Å². The summed E-state index contributed by atoms with van der Waals surface area (Å²) in [6.07, 6.45) is 4.32. The Labute approximate surface area is 131 Å². The zero-order valence-electron chi connectivity index (χ0n) is 11.6. The van der Waals surface area contributed by atoms with E-state index in [0.29, 0.717) is 5.92 Å². The number of thiophene rings is 1. The highest BCUT2D eigenvalue weighted by molar-refractivity contribution is 9.11. The molecule has 20 heavy (non-hydrogen) atoms. The first-order valence-electron chi connectivity index (χ1n) is 7.10. The smallest absolute Gasteiger partial charge is 0.137 e. The third-order valence-corrected chi connectivity index (χ3v) is 5.47. The quantitative estimate of drug-likeness (QED) is 0.842. The molecule has 2 aromatic rings. The van der Waals surface area contributed by atoms with Crippen LogP contribution in [0.5, 0.6) is 0 Å². The van der Waals surface area contributed by atoms with Gasteiger partial charge in [0.15, 0.2) is 0 Å². The first-order chi connectivity index (χ1) is 9.76. The minimum Gasteiger partial charge on any atom is -0.318 e. The molecule has 4 nitrogen and oxygen atoms in total. The van der Waals surface area contributed by atoms with Crippen molar-refractivity contribution in [3.8, 4) is 0 Å². The number of likely N-dealkylation sites (tertiary alicyclic amines) is 1. The Kier molecular flexibility index (Phi) is 4.53. The zero-order valence-corrected chi connectivity index (χ0v) is 14.0. The average Bonchev–Trinajstić information content (AvgIpc) is 3.08. The Bertz CT molecular complexity index is 565. The van der Waals surface area contributed by atoms with Gasteiger partial charge in [-0.3, -0.25) is 4.90 Å². The van der Waals surface area contributed by atoms with E-state index < -0.39 is 0 Å². The molecule has 1 aliphatic heterocycles. The molecule has 0 saturated carbocycles. The van der Waals surface area contributed by atoms with E-state index in [1.807, 2.05) is 17.7 Å². The summed E-state index contributed by atoms with van der Waals surface area (Å²) in [6, 6.07) is 4.35. The van der Waals surface area contributed by atoms with Crippen molar-refractivity contribution in [2.45, 2.75) is 38.8 Å². The van der Waals surface area contributed by atoms with Crippen LogP contribution in [0.25, 0.3) is 0 Å². The van der Waals surface area contributed by atoms with Crippen molar-refractivity contribution in [3.63, 3.8) is 0 Å². The third-order valence-electron chi connectivity index (χ3n) is 3.87. The minimum absolute atomic E-state index is 0.523. The maximum absolute atomic E-state index is 4.34. The molecular formula is C14H19BrN4S. The molecule has 0 spiro atoms. The molecule has 1 fully saturated rings. The number of piperidine rings is 1. The second-order valence-corrected chi connectivity index (χ2v) is 7.80. The Morgan fingerprint density at radius 2 is 2.35 bits per heavy atom. The van der Waals surface area contributed by atoms with Gasteiger partial charge in [0.2, 0.25) is 0 Å². The molecule has 0 radical (unpaired) electrons. The number of aryl methyl sites for hydroxylation is 1. The van der Waals surface area contributed by atoms with Crippen molar-refractivity contribution in [2.24, 2.45) is 0 Å². The van der Waals surface area contributed by atoms with Gasteiger partial charge in [0, 0.05) is 30.4 Å². The summed E-state index contributed by atoms with van der Waals surface area (Å²) in [7, 11) is 0.